The normalized spacial score (nSPS) is 15.6. The summed E-state index contributed by atoms with van der Waals surface area (Å²) in [5, 5.41) is 0. The maximum absolute atomic E-state index is 12.5. The molecule has 0 atom stereocenters. The van der Waals surface area contributed by atoms with Crippen molar-refractivity contribution in [2.24, 2.45) is 0 Å². The molecule has 0 saturated heterocycles. The van der Waals surface area contributed by atoms with Gasteiger partial charge in [0.2, 0.25) is 5.78 Å². The third-order valence-electron chi connectivity index (χ3n) is 2.83. The fraction of sp³-hybridized carbons (Fsp3) is 0.357. The van der Waals surface area contributed by atoms with Crippen LogP contribution in [0.3, 0.4) is 0 Å². The summed E-state index contributed by atoms with van der Waals surface area (Å²) >= 11 is 0. The summed E-state index contributed by atoms with van der Waals surface area (Å²) in [5.41, 5.74) is -0.397. The number of ketones is 1. The van der Waals surface area contributed by atoms with Gasteiger partial charge in [-0.3, -0.25) is 4.79 Å². The van der Waals surface area contributed by atoms with Crippen molar-refractivity contribution >= 4 is 5.78 Å². The van der Waals surface area contributed by atoms with Crippen molar-refractivity contribution in [2.45, 2.75) is 25.4 Å². The molecule has 2 nitrogen and oxygen atoms in total. The molecule has 1 heterocycles. The molecular weight excluding hydrogens is 257 g/mol. The van der Waals surface area contributed by atoms with Gasteiger partial charge in [0.25, 0.3) is 0 Å². The van der Waals surface area contributed by atoms with Crippen molar-refractivity contribution < 1.29 is 22.7 Å². The molecule has 0 N–H and O–H groups in total. The summed E-state index contributed by atoms with van der Waals surface area (Å²) in [6.45, 7) is 0.486. The van der Waals surface area contributed by atoms with Gasteiger partial charge in [-0.1, -0.05) is 18.2 Å². The highest BCUT2D eigenvalue weighted by Gasteiger charge is 2.30. The van der Waals surface area contributed by atoms with Gasteiger partial charge in [-0.05, 0) is 30.5 Å². The zero-order valence-electron chi connectivity index (χ0n) is 10.2. The molecule has 19 heavy (non-hydrogen) atoms. The molecule has 1 aliphatic heterocycles. The molecule has 2 rings (SSSR count). The molecule has 0 bridgehead atoms. The molecule has 0 fully saturated rings. The second kappa shape index (κ2) is 5.47. The summed E-state index contributed by atoms with van der Waals surface area (Å²) < 4.78 is 42.8. The molecule has 0 saturated carbocycles. The first-order valence-corrected chi connectivity index (χ1v) is 5.99. The van der Waals surface area contributed by atoms with Crippen molar-refractivity contribution in [3.05, 3.63) is 47.2 Å². The zero-order valence-corrected chi connectivity index (χ0v) is 10.2. The number of hydrogen-bond acceptors (Lipinski definition) is 2. The van der Waals surface area contributed by atoms with Crippen LogP contribution in [0.25, 0.3) is 0 Å². The molecule has 102 valence electrons. The number of rotatable bonds is 3. The van der Waals surface area contributed by atoms with E-state index in [1.54, 1.807) is 6.08 Å². The summed E-state index contributed by atoms with van der Waals surface area (Å²) in [4.78, 5) is 11.9. The number of hydrogen-bond donors (Lipinski definition) is 0. The molecular formula is C14H13F3O2. The molecule has 0 unspecified atom stereocenters. The van der Waals surface area contributed by atoms with Crippen molar-refractivity contribution in [1.29, 1.82) is 0 Å². The number of halogens is 3. The minimum atomic E-state index is -4.39. The van der Waals surface area contributed by atoms with Gasteiger partial charge in [-0.25, -0.2) is 0 Å². The van der Waals surface area contributed by atoms with Crippen molar-refractivity contribution in [3.8, 4) is 0 Å². The Kier molecular flexibility index (Phi) is 3.93. The lowest BCUT2D eigenvalue weighted by Gasteiger charge is -2.14. The number of ether oxygens (including phenoxy) is 1. The Balaban J connectivity index is 2.11. The van der Waals surface area contributed by atoms with Crippen LogP contribution in [-0.2, 0) is 22.1 Å². The average molecular weight is 270 g/mol. The molecule has 1 aliphatic rings. The predicted molar refractivity (Wildman–Crippen MR) is 63.4 cm³/mol. The molecule has 0 aromatic heterocycles. The second-order valence-corrected chi connectivity index (χ2v) is 4.36. The van der Waals surface area contributed by atoms with E-state index < -0.39 is 11.7 Å². The van der Waals surface area contributed by atoms with Gasteiger partial charge in [0.15, 0.2) is 5.76 Å². The van der Waals surface area contributed by atoms with Crippen LogP contribution in [0, 0.1) is 0 Å². The summed E-state index contributed by atoms with van der Waals surface area (Å²) in [5.74, 6) is -0.0114. The van der Waals surface area contributed by atoms with Gasteiger partial charge in [-0.15, -0.1) is 0 Å². The van der Waals surface area contributed by atoms with E-state index in [9.17, 15) is 18.0 Å². The van der Waals surface area contributed by atoms with Gasteiger partial charge < -0.3 is 4.74 Å². The first-order valence-electron chi connectivity index (χ1n) is 5.99. The van der Waals surface area contributed by atoms with E-state index in [4.69, 9.17) is 4.74 Å². The lowest BCUT2D eigenvalue weighted by Crippen LogP contribution is -2.14. The lowest BCUT2D eigenvalue weighted by molar-refractivity contribution is -0.137. The van der Waals surface area contributed by atoms with Gasteiger partial charge >= 0.3 is 6.18 Å². The lowest BCUT2D eigenvalue weighted by atomic mass is 10.0. The molecule has 0 radical (unpaired) electrons. The molecule has 0 amide bonds. The predicted octanol–water partition coefficient (Wildman–Crippen LogP) is 3.51. The fourth-order valence-electron chi connectivity index (χ4n) is 1.88. The second-order valence-electron chi connectivity index (χ2n) is 4.36. The fourth-order valence-corrected chi connectivity index (χ4v) is 1.88. The Morgan fingerprint density at radius 2 is 2.11 bits per heavy atom. The largest absolute Gasteiger partial charge is 0.490 e. The molecule has 1 aromatic rings. The van der Waals surface area contributed by atoms with Gasteiger partial charge in [0.05, 0.1) is 12.2 Å². The Morgan fingerprint density at radius 1 is 1.32 bits per heavy atom. The summed E-state index contributed by atoms with van der Waals surface area (Å²) in [7, 11) is 0. The smallest absolute Gasteiger partial charge is 0.416 e. The number of allylic oxidation sites excluding steroid dienone is 2. The van der Waals surface area contributed by atoms with Crippen molar-refractivity contribution in [1.82, 2.24) is 0 Å². The highest BCUT2D eigenvalue weighted by Crippen LogP contribution is 2.29. The zero-order chi connectivity index (χ0) is 13.9. The van der Waals surface area contributed by atoms with Crippen LogP contribution in [0.2, 0.25) is 0 Å². The maximum atomic E-state index is 12.5. The van der Waals surface area contributed by atoms with E-state index in [-0.39, 0.29) is 18.0 Å². The highest BCUT2D eigenvalue weighted by molar-refractivity contribution is 5.95. The minimum absolute atomic E-state index is 0.0737. The van der Waals surface area contributed by atoms with Crippen molar-refractivity contribution in [3.63, 3.8) is 0 Å². The number of Topliss-reactive ketones (excluding diaryl/α,β-unsaturated/α-hetero) is 1. The molecule has 0 aliphatic carbocycles. The first-order chi connectivity index (χ1) is 8.97. The molecule has 1 aromatic carbocycles. The van der Waals surface area contributed by atoms with E-state index in [1.807, 2.05) is 0 Å². The van der Waals surface area contributed by atoms with E-state index in [0.29, 0.717) is 12.2 Å². The van der Waals surface area contributed by atoms with Gasteiger partial charge in [-0.2, -0.15) is 13.2 Å². The maximum Gasteiger partial charge on any atom is 0.416 e. The van der Waals surface area contributed by atoms with E-state index in [1.165, 1.54) is 12.1 Å². The minimum Gasteiger partial charge on any atom is -0.490 e. The van der Waals surface area contributed by atoms with Crippen LogP contribution in [0.4, 0.5) is 13.2 Å². The topological polar surface area (TPSA) is 26.3 Å². The Labute approximate surface area is 108 Å². The monoisotopic (exact) mass is 270 g/mol. The average Bonchev–Trinajstić information content (AvgIpc) is 2.39. The van der Waals surface area contributed by atoms with Crippen LogP contribution in [0.15, 0.2) is 36.1 Å². The Hall–Kier alpha value is -1.78. The first kappa shape index (κ1) is 13.6. The van der Waals surface area contributed by atoms with Crippen LogP contribution < -0.4 is 0 Å². The van der Waals surface area contributed by atoms with E-state index in [2.05, 4.69) is 0 Å². The number of alkyl halides is 3. The summed E-state index contributed by atoms with van der Waals surface area (Å²) in [6, 6.07) is 4.81. The van der Waals surface area contributed by atoms with Crippen LogP contribution >= 0.6 is 0 Å². The Morgan fingerprint density at radius 3 is 2.74 bits per heavy atom. The number of benzene rings is 1. The van der Waals surface area contributed by atoms with Crippen LogP contribution in [0.1, 0.15) is 24.0 Å². The number of carbonyl (C=O) groups excluding carboxylic acids is 1. The Bertz CT molecular complexity index is 504. The highest BCUT2D eigenvalue weighted by atomic mass is 19.4. The quantitative estimate of drug-likeness (QED) is 0.840. The SMILES string of the molecule is O=C(Cc1cccc(C(F)(F)F)c1)C1=CCCCO1. The van der Waals surface area contributed by atoms with Crippen LogP contribution in [-0.4, -0.2) is 12.4 Å². The third kappa shape index (κ3) is 3.59. The molecule has 0 spiro atoms. The van der Waals surface area contributed by atoms with Crippen LogP contribution in [0.5, 0.6) is 0 Å². The van der Waals surface area contributed by atoms with E-state index >= 15 is 0 Å². The van der Waals surface area contributed by atoms with Gasteiger partial charge in [0, 0.05) is 6.42 Å². The number of carbonyl (C=O) groups is 1. The molecule has 5 heteroatoms. The van der Waals surface area contributed by atoms with Crippen molar-refractivity contribution in [2.75, 3.05) is 6.61 Å². The van der Waals surface area contributed by atoms with Gasteiger partial charge in [0.1, 0.15) is 0 Å². The standard InChI is InChI=1S/C14H13F3O2/c15-14(16,17)11-5-3-4-10(8-11)9-12(18)13-6-1-2-7-19-13/h3-6,8H,1-2,7,9H2. The third-order valence-corrected chi connectivity index (χ3v) is 2.83. The summed E-state index contributed by atoms with van der Waals surface area (Å²) in [6.07, 6.45) is -1.14. The van der Waals surface area contributed by atoms with E-state index in [0.717, 1.165) is 25.0 Å².